The number of methoxy groups -OCH3 is 1. The van der Waals surface area contributed by atoms with Crippen LogP contribution in [0.4, 0.5) is 11.1 Å². The number of aryl methyl sites for hydroxylation is 3. The molecule has 2 aromatic heterocycles. The van der Waals surface area contributed by atoms with Crippen LogP contribution in [0.1, 0.15) is 39.6 Å². The molecule has 0 saturated carbocycles. The molecule has 0 unspecified atom stereocenters. The number of piperidine rings is 1. The van der Waals surface area contributed by atoms with Crippen molar-refractivity contribution in [1.82, 2.24) is 15.0 Å². The largest absolute Gasteiger partial charge is 0.464 e. The van der Waals surface area contributed by atoms with Crippen LogP contribution in [-0.4, -0.2) is 47.0 Å². The number of thiazole rings is 1. The molecule has 1 amide bonds. The average molecular weight is 389 g/mol. The number of nitrogens with zero attached hydrogens (tertiary/aromatic N) is 4. The van der Waals surface area contributed by atoms with Crippen LogP contribution in [0.15, 0.2) is 6.07 Å². The van der Waals surface area contributed by atoms with Gasteiger partial charge < -0.3 is 15.0 Å². The van der Waals surface area contributed by atoms with Crippen LogP contribution >= 0.6 is 11.3 Å². The van der Waals surface area contributed by atoms with E-state index in [1.807, 2.05) is 19.9 Å². The van der Waals surface area contributed by atoms with Crippen molar-refractivity contribution in [2.75, 3.05) is 30.4 Å². The summed E-state index contributed by atoms with van der Waals surface area (Å²) in [6, 6.07) is 1.93. The molecule has 0 aliphatic carbocycles. The van der Waals surface area contributed by atoms with Gasteiger partial charge in [-0.25, -0.2) is 19.7 Å². The van der Waals surface area contributed by atoms with Crippen LogP contribution in [0, 0.1) is 26.7 Å². The molecule has 0 bridgehead atoms. The Labute approximate surface area is 162 Å². The molecule has 27 heavy (non-hydrogen) atoms. The summed E-state index contributed by atoms with van der Waals surface area (Å²) in [4.78, 5) is 40.3. The number of esters is 1. The van der Waals surface area contributed by atoms with Gasteiger partial charge in [-0.3, -0.25) is 4.79 Å². The fourth-order valence-electron chi connectivity index (χ4n) is 3.16. The average Bonchev–Trinajstić information content (AvgIpc) is 3.00. The zero-order valence-electron chi connectivity index (χ0n) is 15.9. The van der Waals surface area contributed by atoms with Gasteiger partial charge in [-0.1, -0.05) is 0 Å². The monoisotopic (exact) mass is 389 g/mol. The number of rotatable bonds is 4. The zero-order chi connectivity index (χ0) is 19.6. The van der Waals surface area contributed by atoms with Crippen molar-refractivity contribution in [3.63, 3.8) is 0 Å². The molecule has 1 aliphatic heterocycles. The predicted octanol–water partition coefficient (Wildman–Crippen LogP) is 2.50. The number of hydrogen-bond acceptors (Lipinski definition) is 8. The van der Waals surface area contributed by atoms with Gasteiger partial charge in [0.1, 0.15) is 0 Å². The minimum absolute atomic E-state index is 0.103. The topological polar surface area (TPSA) is 97.3 Å². The summed E-state index contributed by atoms with van der Waals surface area (Å²) < 4.78 is 4.71. The summed E-state index contributed by atoms with van der Waals surface area (Å²) in [5.41, 5.74) is 2.07. The van der Waals surface area contributed by atoms with Gasteiger partial charge in [-0.05, 0) is 39.7 Å². The standard InChI is InChI=1S/C18H23N5O3S/c1-10-8-11(2)20-17(19-10)23-7-5-6-13(9-23)15(24)22-18-21-14(12(3)27-18)16(25)26-4/h8,13H,5-7,9H2,1-4H3,(H,21,22,24)/t13-/m0/s1. The molecule has 0 aromatic carbocycles. The van der Waals surface area contributed by atoms with E-state index in [0.717, 1.165) is 30.8 Å². The van der Waals surface area contributed by atoms with E-state index in [0.29, 0.717) is 22.5 Å². The van der Waals surface area contributed by atoms with E-state index < -0.39 is 5.97 Å². The van der Waals surface area contributed by atoms with Crippen molar-refractivity contribution < 1.29 is 14.3 Å². The van der Waals surface area contributed by atoms with Gasteiger partial charge in [-0.2, -0.15) is 0 Å². The van der Waals surface area contributed by atoms with Crippen molar-refractivity contribution in [3.8, 4) is 0 Å². The number of aromatic nitrogens is 3. The highest BCUT2D eigenvalue weighted by Crippen LogP contribution is 2.26. The Morgan fingerprint density at radius 2 is 1.93 bits per heavy atom. The highest BCUT2D eigenvalue weighted by Gasteiger charge is 2.28. The van der Waals surface area contributed by atoms with Gasteiger partial charge in [-0.15, -0.1) is 11.3 Å². The Bertz CT molecular complexity index is 846. The number of hydrogen-bond donors (Lipinski definition) is 1. The minimum Gasteiger partial charge on any atom is -0.464 e. The third kappa shape index (κ3) is 4.41. The van der Waals surface area contributed by atoms with Crippen molar-refractivity contribution in [3.05, 3.63) is 28.0 Å². The number of nitrogens with one attached hydrogen (secondary N) is 1. The molecule has 0 spiro atoms. The molecule has 8 nitrogen and oxygen atoms in total. The van der Waals surface area contributed by atoms with Gasteiger partial charge in [0.25, 0.3) is 0 Å². The summed E-state index contributed by atoms with van der Waals surface area (Å²) in [6.45, 7) is 7.05. The Morgan fingerprint density at radius 3 is 2.59 bits per heavy atom. The van der Waals surface area contributed by atoms with Crippen LogP contribution in [0.25, 0.3) is 0 Å². The summed E-state index contributed by atoms with van der Waals surface area (Å²) in [7, 11) is 1.31. The highest BCUT2D eigenvalue weighted by molar-refractivity contribution is 7.16. The number of carbonyl (C=O) groups is 2. The van der Waals surface area contributed by atoms with Crippen molar-refractivity contribution in [2.45, 2.75) is 33.6 Å². The van der Waals surface area contributed by atoms with Crippen molar-refractivity contribution in [2.24, 2.45) is 5.92 Å². The molecule has 1 N–H and O–H groups in total. The van der Waals surface area contributed by atoms with Gasteiger partial charge in [0, 0.05) is 29.4 Å². The van der Waals surface area contributed by atoms with E-state index in [-0.39, 0.29) is 17.5 Å². The van der Waals surface area contributed by atoms with Crippen LogP contribution < -0.4 is 10.2 Å². The normalized spacial score (nSPS) is 16.9. The lowest BCUT2D eigenvalue weighted by atomic mass is 9.97. The first kappa shape index (κ1) is 19.2. The second-order valence-corrected chi connectivity index (χ2v) is 7.84. The molecule has 0 radical (unpaired) electrons. The molecule has 1 atom stereocenters. The smallest absolute Gasteiger partial charge is 0.357 e. The van der Waals surface area contributed by atoms with Gasteiger partial charge in [0.2, 0.25) is 11.9 Å². The number of anilines is 2. The lowest BCUT2D eigenvalue weighted by Crippen LogP contribution is -2.41. The molecule has 1 aliphatic rings. The van der Waals surface area contributed by atoms with E-state index in [1.165, 1.54) is 18.4 Å². The molecule has 9 heteroatoms. The summed E-state index contributed by atoms with van der Waals surface area (Å²) in [5, 5.41) is 3.25. The zero-order valence-corrected chi connectivity index (χ0v) is 16.7. The fraction of sp³-hybridized carbons (Fsp3) is 0.500. The maximum absolute atomic E-state index is 12.7. The Morgan fingerprint density at radius 1 is 1.22 bits per heavy atom. The first-order valence-electron chi connectivity index (χ1n) is 8.81. The van der Waals surface area contributed by atoms with Gasteiger partial charge in [0.15, 0.2) is 10.8 Å². The second kappa shape index (κ2) is 7.99. The predicted molar refractivity (Wildman–Crippen MR) is 103 cm³/mol. The third-order valence-corrected chi connectivity index (χ3v) is 5.34. The summed E-state index contributed by atoms with van der Waals surface area (Å²) >= 11 is 1.27. The molecule has 144 valence electrons. The van der Waals surface area contributed by atoms with E-state index >= 15 is 0 Å². The van der Waals surface area contributed by atoms with Crippen LogP contribution in [0.2, 0.25) is 0 Å². The van der Waals surface area contributed by atoms with Crippen molar-refractivity contribution in [1.29, 1.82) is 0 Å². The number of carbonyl (C=O) groups excluding carboxylic acids is 2. The van der Waals surface area contributed by atoms with Crippen LogP contribution in [-0.2, 0) is 9.53 Å². The highest BCUT2D eigenvalue weighted by atomic mass is 32.1. The fourth-order valence-corrected chi connectivity index (χ4v) is 3.97. The van der Waals surface area contributed by atoms with Gasteiger partial charge >= 0.3 is 5.97 Å². The SMILES string of the molecule is COC(=O)c1nc(NC(=O)[C@H]2CCCN(c3nc(C)cc(C)n3)C2)sc1C. The first-order chi connectivity index (χ1) is 12.9. The Hall–Kier alpha value is -2.55. The number of amides is 1. The molecular formula is C18H23N5O3S. The molecular weight excluding hydrogens is 366 g/mol. The lowest BCUT2D eigenvalue weighted by molar-refractivity contribution is -0.120. The van der Waals surface area contributed by atoms with E-state index in [4.69, 9.17) is 4.74 Å². The quantitative estimate of drug-likeness (QED) is 0.802. The van der Waals surface area contributed by atoms with Crippen LogP contribution in [0.3, 0.4) is 0 Å². The molecule has 1 saturated heterocycles. The summed E-state index contributed by atoms with van der Waals surface area (Å²) in [5.74, 6) is -0.119. The Balaban J connectivity index is 1.69. The lowest BCUT2D eigenvalue weighted by Gasteiger charge is -2.32. The summed E-state index contributed by atoms with van der Waals surface area (Å²) in [6.07, 6.45) is 1.68. The number of ether oxygens (including phenoxy) is 1. The minimum atomic E-state index is -0.500. The molecule has 3 rings (SSSR count). The maximum atomic E-state index is 12.7. The van der Waals surface area contributed by atoms with Gasteiger partial charge in [0.05, 0.1) is 13.0 Å². The Kier molecular flexibility index (Phi) is 5.69. The first-order valence-corrected chi connectivity index (χ1v) is 9.63. The second-order valence-electron chi connectivity index (χ2n) is 6.64. The van der Waals surface area contributed by atoms with Crippen LogP contribution in [0.5, 0.6) is 0 Å². The molecule has 1 fully saturated rings. The van der Waals surface area contributed by atoms with E-state index in [2.05, 4.69) is 25.2 Å². The van der Waals surface area contributed by atoms with Crippen molar-refractivity contribution >= 4 is 34.3 Å². The molecule has 3 heterocycles. The van der Waals surface area contributed by atoms with E-state index in [1.54, 1.807) is 6.92 Å². The maximum Gasteiger partial charge on any atom is 0.357 e. The molecule has 2 aromatic rings. The third-order valence-electron chi connectivity index (χ3n) is 4.45. The van der Waals surface area contributed by atoms with E-state index in [9.17, 15) is 9.59 Å².